The first kappa shape index (κ1) is 20.9. The summed E-state index contributed by atoms with van der Waals surface area (Å²) in [5.41, 5.74) is 1.16. The van der Waals surface area contributed by atoms with E-state index in [1.807, 2.05) is 36.9 Å². The topological polar surface area (TPSA) is 64.4 Å². The Morgan fingerprint density at radius 2 is 1.93 bits per heavy atom. The monoisotopic (exact) mass is 373 g/mol. The van der Waals surface area contributed by atoms with E-state index in [4.69, 9.17) is 4.74 Å². The van der Waals surface area contributed by atoms with Gasteiger partial charge in [0, 0.05) is 30.5 Å². The van der Waals surface area contributed by atoms with E-state index in [0.29, 0.717) is 23.9 Å². The fraction of sp³-hybridized carbons (Fsp3) is 0.571. The van der Waals surface area contributed by atoms with E-state index in [-0.39, 0.29) is 24.2 Å². The SMILES string of the molecule is CCCN(CC(C)C)C(=O)Cn1nc(C(=O)C(C)C)c2ccc(OC)cc21. The molecule has 0 unspecified atom stereocenters. The molecule has 6 nitrogen and oxygen atoms in total. The minimum Gasteiger partial charge on any atom is -0.497 e. The molecule has 6 heteroatoms. The zero-order valence-corrected chi connectivity index (χ0v) is 17.3. The van der Waals surface area contributed by atoms with Gasteiger partial charge < -0.3 is 9.64 Å². The molecule has 0 radical (unpaired) electrons. The maximum atomic E-state index is 12.9. The number of nitrogens with zero attached hydrogens (tertiary/aromatic N) is 3. The van der Waals surface area contributed by atoms with Crippen molar-refractivity contribution >= 4 is 22.6 Å². The number of carbonyl (C=O) groups excluding carboxylic acids is 2. The number of ketones is 1. The van der Waals surface area contributed by atoms with Gasteiger partial charge in [-0.2, -0.15) is 5.10 Å². The van der Waals surface area contributed by atoms with Crippen molar-refractivity contribution in [1.82, 2.24) is 14.7 Å². The molecule has 0 spiro atoms. The largest absolute Gasteiger partial charge is 0.497 e. The van der Waals surface area contributed by atoms with Crippen molar-refractivity contribution in [3.05, 3.63) is 23.9 Å². The standard InChI is InChI=1S/C21H31N3O3/c1-7-10-23(12-14(2)3)19(25)13-24-18-11-16(27-6)8-9-17(18)20(22-24)21(26)15(4)5/h8-9,11,14-15H,7,10,12-13H2,1-6H3. The molecule has 2 rings (SSSR count). The zero-order valence-electron chi connectivity index (χ0n) is 17.3. The smallest absolute Gasteiger partial charge is 0.244 e. The fourth-order valence-corrected chi connectivity index (χ4v) is 3.11. The average molecular weight is 373 g/mol. The Balaban J connectivity index is 2.44. The number of methoxy groups -OCH3 is 1. The van der Waals surface area contributed by atoms with Gasteiger partial charge in [0.05, 0.1) is 12.6 Å². The van der Waals surface area contributed by atoms with E-state index < -0.39 is 0 Å². The van der Waals surface area contributed by atoms with Gasteiger partial charge in [0.2, 0.25) is 5.91 Å². The average Bonchev–Trinajstić information content (AvgIpc) is 2.97. The van der Waals surface area contributed by atoms with Crippen molar-refractivity contribution in [1.29, 1.82) is 0 Å². The molecular formula is C21H31N3O3. The molecule has 1 amide bonds. The number of Topliss-reactive ketones (excluding diaryl/α,β-unsaturated/α-hetero) is 1. The first-order valence-corrected chi connectivity index (χ1v) is 9.65. The van der Waals surface area contributed by atoms with E-state index in [1.54, 1.807) is 11.8 Å². The van der Waals surface area contributed by atoms with Crippen molar-refractivity contribution < 1.29 is 14.3 Å². The molecule has 1 aromatic carbocycles. The zero-order chi connectivity index (χ0) is 20.1. The van der Waals surface area contributed by atoms with E-state index in [0.717, 1.165) is 23.9 Å². The van der Waals surface area contributed by atoms with Crippen molar-refractivity contribution in [2.24, 2.45) is 11.8 Å². The number of amides is 1. The summed E-state index contributed by atoms with van der Waals surface area (Å²) in [6.07, 6.45) is 0.906. The van der Waals surface area contributed by atoms with Crippen LogP contribution in [0, 0.1) is 11.8 Å². The molecular weight excluding hydrogens is 342 g/mol. The molecule has 0 aliphatic rings. The normalized spacial score (nSPS) is 11.4. The second-order valence-corrected chi connectivity index (χ2v) is 7.64. The van der Waals surface area contributed by atoms with E-state index >= 15 is 0 Å². The van der Waals surface area contributed by atoms with Crippen LogP contribution in [0.25, 0.3) is 10.9 Å². The molecule has 0 saturated heterocycles. The van der Waals surface area contributed by atoms with Gasteiger partial charge in [0.15, 0.2) is 5.78 Å². The molecule has 2 aromatic rings. The number of hydrogen-bond acceptors (Lipinski definition) is 4. The lowest BCUT2D eigenvalue weighted by molar-refractivity contribution is -0.132. The van der Waals surface area contributed by atoms with Gasteiger partial charge in [0.1, 0.15) is 18.0 Å². The second-order valence-electron chi connectivity index (χ2n) is 7.64. The Bertz CT molecular complexity index is 808. The number of rotatable bonds is 9. The summed E-state index contributed by atoms with van der Waals surface area (Å²) >= 11 is 0. The number of aromatic nitrogens is 2. The van der Waals surface area contributed by atoms with Crippen LogP contribution in [-0.2, 0) is 11.3 Å². The highest BCUT2D eigenvalue weighted by atomic mass is 16.5. The van der Waals surface area contributed by atoms with Gasteiger partial charge in [-0.3, -0.25) is 14.3 Å². The molecule has 0 aliphatic heterocycles. The third-order valence-electron chi connectivity index (χ3n) is 4.43. The van der Waals surface area contributed by atoms with Gasteiger partial charge >= 0.3 is 0 Å². The summed E-state index contributed by atoms with van der Waals surface area (Å²) in [6, 6.07) is 5.49. The number of hydrogen-bond donors (Lipinski definition) is 0. The third-order valence-corrected chi connectivity index (χ3v) is 4.43. The second kappa shape index (κ2) is 9.02. The predicted octanol–water partition coefficient (Wildman–Crippen LogP) is 3.78. The van der Waals surface area contributed by atoms with E-state index in [1.165, 1.54) is 0 Å². The first-order chi connectivity index (χ1) is 12.8. The maximum Gasteiger partial charge on any atom is 0.244 e. The maximum absolute atomic E-state index is 12.9. The lowest BCUT2D eigenvalue weighted by Gasteiger charge is -2.24. The van der Waals surface area contributed by atoms with Crippen LogP contribution in [0.15, 0.2) is 18.2 Å². The van der Waals surface area contributed by atoms with E-state index in [2.05, 4.69) is 25.9 Å². The lowest BCUT2D eigenvalue weighted by Crippen LogP contribution is -2.37. The molecule has 0 aliphatic carbocycles. The highest BCUT2D eigenvalue weighted by molar-refractivity contribution is 6.07. The molecule has 148 valence electrons. The van der Waals surface area contributed by atoms with Crippen LogP contribution in [0.1, 0.15) is 51.5 Å². The summed E-state index contributed by atoms with van der Waals surface area (Å²) in [4.78, 5) is 27.4. The predicted molar refractivity (Wildman–Crippen MR) is 107 cm³/mol. The Kier molecular flexibility index (Phi) is 6.99. The van der Waals surface area contributed by atoms with Gasteiger partial charge in [-0.25, -0.2) is 0 Å². The van der Waals surface area contributed by atoms with Crippen LogP contribution in [0.3, 0.4) is 0 Å². The van der Waals surface area contributed by atoms with Crippen molar-refractivity contribution in [2.45, 2.75) is 47.6 Å². The first-order valence-electron chi connectivity index (χ1n) is 9.65. The molecule has 0 N–H and O–H groups in total. The van der Waals surface area contributed by atoms with Crippen LogP contribution < -0.4 is 4.74 Å². The number of carbonyl (C=O) groups is 2. The molecule has 0 fully saturated rings. The Labute approximate surface area is 161 Å². The van der Waals surface area contributed by atoms with Crippen LogP contribution in [0.4, 0.5) is 0 Å². The minimum absolute atomic E-state index is 0.0151. The summed E-state index contributed by atoms with van der Waals surface area (Å²) < 4.78 is 6.95. The van der Waals surface area contributed by atoms with Crippen molar-refractivity contribution in [3.63, 3.8) is 0 Å². The van der Waals surface area contributed by atoms with Crippen LogP contribution in [0.5, 0.6) is 5.75 Å². The summed E-state index contributed by atoms with van der Waals surface area (Å²) in [5.74, 6) is 0.900. The fourth-order valence-electron chi connectivity index (χ4n) is 3.11. The van der Waals surface area contributed by atoms with Crippen molar-refractivity contribution in [2.75, 3.05) is 20.2 Å². The van der Waals surface area contributed by atoms with Crippen LogP contribution in [-0.4, -0.2) is 46.6 Å². The third kappa shape index (κ3) is 4.87. The summed E-state index contributed by atoms with van der Waals surface area (Å²) in [6.45, 7) is 11.5. The summed E-state index contributed by atoms with van der Waals surface area (Å²) in [7, 11) is 1.60. The number of benzene rings is 1. The van der Waals surface area contributed by atoms with Crippen molar-refractivity contribution in [3.8, 4) is 5.75 Å². The van der Waals surface area contributed by atoms with Gasteiger partial charge in [0.25, 0.3) is 0 Å². The van der Waals surface area contributed by atoms with E-state index in [9.17, 15) is 9.59 Å². The summed E-state index contributed by atoms with van der Waals surface area (Å²) in [5, 5.41) is 5.27. The minimum atomic E-state index is -0.160. The van der Waals surface area contributed by atoms with Gasteiger partial charge in [-0.05, 0) is 24.5 Å². The van der Waals surface area contributed by atoms with Gasteiger partial charge in [-0.1, -0.05) is 34.6 Å². The molecule has 1 aromatic heterocycles. The highest BCUT2D eigenvalue weighted by Crippen LogP contribution is 2.25. The van der Waals surface area contributed by atoms with Crippen LogP contribution >= 0.6 is 0 Å². The quantitative estimate of drug-likeness (QED) is 0.628. The Morgan fingerprint density at radius 3 is 2.48 bits per heavy atom. The van der Waals surface area contributed by atoms with Gasteiger partial charge in [-0.15, -0.1) is 0 Å². The molecule has 27 heavy (non-hydrogen) atoms. The molecule has 1 heterocycles. The van der Waals surface area contributed by atoms with Crippen LogP contribution in [0.2, 0.25) is 0 Å². The molecule has 0 bridgehead atoms. The Hall–Kier alpha value is -2.37. The Morgan fingerprint density at radius 1 is 1.22 bits per heavy atom. The number of fused-ring (bicyclic) bond motifs is 1. The highest BCUT2D eigenvalue weighted by Gasteiger charge is 2.22. The lowest BCUT2D eigenvalue weighted by atomic mass is 10.0. The number of ether oxygens (including phenoxy) is 1. The molecule has 0 atom stereocenters. The molecule has 0 saturated carbocycles.